The molecule has 0 bridgehead atoms. The number of nitrogens with zero attached hydrogens (tertiary/aromatic N) is 1. The summed E-state index contributed by atoms with van der Waals surface area (Å²) >= 11 is 3.44. The number of thiophene rings is 1. The normalized spacial score (nSPS) is 16.0. The highest BCUT2D eigenvalue weighted by Gasteiger charge is 2.27. The predicted molar refractivity (Wildman–Crippen MR) is 123 cm³/mol. The number of hydrogen-bond acceptors (Lipinski definition) is 4. The van der Waals surface area contributed by atoms with Crippen LogP contribution in [0.5, 0.6) is 0 Å². The van der Waals surface area contributed by atoms with Crippen molar-refractivity contribution in [2.75, 3.05) is 5.32 Å². The molecule has 3 nitrogen and oxygen atoms in total. The summed E-state index contributed by atoms with van der Waals surface area (Å²) in [6.07, 6.45) is 3.32. The number of anilines is 1. The smallest absolute Gasteiger partial charge is 0.256 e. The van der Waals surface area contributed by atoms with Gasteiger partial charge in [-0.15, -0.1) is 22.7 Å². The number of rotatable bonds is 3. The maximum Gasteiger partial charge on any atom is 0.256 e. The summed E-state index contributed by atoms with van der Waals surface area (Å²) in [5.74, 6) is 0.632. The van der Waals surface area contributed by atoms with E-state index >= 15 is 0 Å². The molecule has 4 aromatic rings. The average molecular weight is 419 g/mol. The lowest BCUT2D eigenvalue weighted by Crippen LogP contribution is -2.12. The topological polar surface area (TPSA) is 42.0 Å². The van der Waals surface area contributed by atoms with Crippen LogP contribution in [-0.2, 0) is 12.8 Å². The standard InChI is InChI=1S/C24H22N2OS2/c1-14-6-5-7-16(12-14)22(27)26-24-21(17-11-10-15(2)13-20(17)29-24)23-25-18-8-3-4-9-19(18)28-23/h3-9,12,15H,10-11,13H2,1-2H3,(H,26,27). The van der Waals surface area contributed by atoms with Gasteiger partial charge in [-0.3, -0.25) is 4.79 Å². The highest BCUT2D eigenvalue weighted by molar-refractivity contribution is 7.23. The third-order valence-electron chi connectivity index (χ3n) is 5.53. The molecule has 1 unspecified atom stereocenters. The van der Waals surface area contributed by atoms with Crippen LogP contribution in [0, 0.1) is 12.8 Å². The minimum atomic E-state index is -0.0530. The molecule has 5 heteroatoms. The van der Waals surface area contributed by atoms with E-state index < -0.39 is 0 Å². The van der Waals surface area contributed by atoms with Gasteiger partial charge < -0.3 is 5.32 Å². The summed E-state index contributed by atoms with van der Waals surface area (Å²) in [7, 11) is 0. The first-order valence-corrected chi connectivity index (χ1v) is 11.6. The van der Waals surface area contributed by atoms with Gasteiger partial charge in [-0.2, -0.15) is 0 Å². The molecule has 1 aliphatic carbocycles. The molecule has 29 heavy (non-hydrogen) atoms. The molecule has 0 radical (unpaired) electrons. The highest BCUT2D eigenvalue weighted by Crippen LogP contribution is 2.47. The van der Waals surface area contributed by atoms with E-state index in [0.717, 1.165) is 39.5 Å². The molecule has 1 aliphatic rings. The van der Waals surface area contributed by atoms with Crippen molar-refractivity contribution in [2.24, 2.45) is 5.92 Å². The second-order valence-electron chi connectivity index (χ2n) is 7.87. The molecule has 0 spiro atoms. The number of nitrogens with one attached hydrogen (secondary N) is 1. The maximum absolute atomic E-state index is 13.0. The van der Waals surface area contributed by atoms with Gasteiger partial charge in [-0.05, 0) is 61.9 Å². The predicted octanol–water partition coefficient (Wildman–Crippen LogP) is 6.71. The fourth-order valence-corrected chi connectivity index (χ4v) is 6.52. The SMILES string of the molecule is Cc1cccc(C(=O)Nc2sc3c(c2-c2nc4ccccc4s2)CCC(C)C3)c1. The van der Waals surface area contributed by atoms with Crippen LogP contribution in [0.4, 0.5) is 5.00 Å². The number of hydrogen-bond donors (Lipinski definition) is 1. The highest BCUT2D eigenvalue weighted by atomic mass is 32.1. The van der Waals surface area contributed by atoms with Crippen molar-refractivity contribution in [3.8, 4) is 10.6 Å². The first kappa shape index (κ1) is 18.5. The monoisotopic (exact) mass is 418 g/mol. The zero-order valence-electron chi connectivity index (χ0n) is 16.5. The molecule has 0 saturated heterocycles. The second kappa shape index (κ2) is 7.39. The second-order valence-corrected chi connectivity index (χ2v) is 10.0. The number of para-hydroxylation sites is 1. The van der Waals surface area contributed by atoms with Crippen LogP contribution in [0.1, 0.15) is 39.7 Å². The zero-order chi connectivity index (χ0) is 20.0. The van der Waals surface area contributed by atoms with Gasteiger partial charge in [0.1, 0.15) is 10.0 Å². The molecule has 1 amide bonds. The lowest BCUT2D eigenvalue weighted by atomic mass is 9.88. The van der Waals surface area contributed by atoms with Gasteiger partial charge >= 0.3 is 0 Å². The van der Waals surface area contributed by atoms with Crippen LogP contribution >= 0.6 is 22.7 Å². The van der Waals surface area contributed by atoms with Crippen molar-refractivity contribution >= 4 is 43.8 Å². The van der Waals surface area contributed by atoms with Crippen molar-refractivity contribution < 1.29 is 4.79 Å². The molecular weight excluding hydrogens is 396 g/mol. The summed E-state index contributed by atoms with van der Waals surface area (Å²) in [6, 6.07) is 16.0. The minimum absolute atomic E-state index is 0.0530. The Labute approximate surface area is 178 Å². The van der Waals surface area contributed by atoms with Crippen molar-refractivity contribution in [3.63, 3.8) is 0 Å². The molecular formula is C24H22N2OS2. The van der Waals surface area contributed by atoms with Gasteiger partial charge in [-0.25, -0.2) is 4.98 Å². The number of fused-ring (bicyclic) bond motifs is 2. The third-order valence-corrected chi connectivity index (χ3v) is 7.75. The quantitative estimate of drug-likeness (QED) is 0.402. The van der Waals surface area contributed by atoms with Crippen LogP contribution in [0.25, 0.3) is 20.8 Å². The average Bonchev–Trinajstić information content (AvgIpc) is 3.27. The lowest BCUT2D eigenvalue weighted by molar-refractivity contribution is 0.102. The van der Waals surface area contributed by atoms with E-state index in [1.165, 1.54) is 21.6 Å². The Hall–Kier alpha value is -2.50. The van der Waals surface area contributed by atoms with Crippen molar-refractivity contribution in [2.45, 2.75) is 33.1 Å². The molecule has 0 aliphatic heterocycles. The number of aryl methyl sites for hydroxylation is 1. The van der Waals surface area contributed by atoms with Gasteiger partial charge in [0, 0.05) is 16.0 Å². The van der Waals surface area contributed by atoms with E-state index in [0.29, 0.717) is 11.5 Å². The fourth-order valence-electron chi connectivity index (χ4n) is 4.01. The Balaban J connectivity index is 1.60. The van der Waals surface area contributed by atoms with Crippen molar-refractivity contribution in [1.29, 1.82) is 0 Å². The summed E-state index contributed by atoms with van der Waals surface area (Å²) in [6.45, 7) is 4.32. The van der Waals surface area contributed by atoms with Gasteiger partial charge in [0.05, 0.1) is 10.2 Å². The largest absolute Gasteiger partial charge is 0.313 e. The maximum atomic E-state index is 13.0. The van der Waals surface area contributed by atoms with E-state index in [2.05, 4.69) is 30.4 Å². The third kappa shape index (κ3) is 3.49. The molecule has 2 aromatic heterocycles. The van der Waals surface area contributed by atoms with Gasteiger partial charge in [0.15, 0.2) is 0 Å². The van der Waals surface area contributed by atoms with Crippen LogP contribution in [-0.4, -0.2) is 10.9 Å². The molecule has 146 valence electrons. The van der Waals surface area contributed by atoms with E-state index in [1.807, 2.05) is 37.3 Å². The van der Waals surface area contributed by atoms with Crippen LogP contribution in [0.3, 0.4) is 0 Å². The van der Waals surface area contributed by atoms with E-state index in [-0.39, 0.29) is 5.91 Å². The fraction of sp³-hybridized carbons (Fsp3) is 0.250. The van der Waals surface area contributed by atoms with Gasteiger partial charge in [0.25, 0.3) is 5.91 Å². The Morgan fingerprint density at radius 3 is 2.83 bits per heavy atom. The van der Waals surface area contributed by atoms with Gasteiger partial charge in [0.2, 0.25) is 0 Å². The van der Waals surface area contributed by atoms with E-state index in [4.69, 9.17) is 4.98 Å². The summed E-state index contributed by atoms with van der Waals surface area (Å²) < 4.78 is 1.18. The summed E-state index contributed by atoms with van der Waals surface area (Å²) in [5.41, 5.74) is 5.32. The lowest BCUT2D eigenvalue weighted by Gasteiger charge is -2.18. The Kier molecular flexibility index (Phi) is 4.72. The van der Waals surface area contributed by atoms with Crippen molar-refractivity contribution in [1.82, 2.24) is 4.98 Å². The number of carbonyl (C=O) groups excluding carboxylic acids is 1. The molecule has 1 N–H and O–H groups in total. The number of benzene rings is 2. The molecule has 2 aromatic carbocycles. The van der Waals surface area contributed by atoms with E-state index in [9.17, 15) is 4.79 Å². The first-order valence-electron chi connectivity index (χ1n) is 9.97. The van der Waals surface area contributed by atoms with Gasteiger partial charge in [-0.1, -0.05) is 36.8 Å². The summed E-state index contributed by atoms with van der Waals surface area (Å²) in [5, 5.41) is 5.17. The zero-order valence-corrected chi connectivity index (χ0v) is 18.1. The minimum Gasteiger partial charge on any atom is -0.313 e. The molecule has 0 fully saturated rings. The number of thiazole rings is 1. The first-order chi connectivity index (χ1) is 14.1. The Morgan fingerprint density at radius 1 is 1.14 bits per heavy atom. The van der Waals surface area contributed by atoms with Crippen LogP contribution in [0.2, 0.25) is 0 Å². The summed E-state index contributed by atoms with van der Waals surface area (Å²) in [4.78, 5) is 19.3. The number of amides is 1. The van der Waals surface area contributed by atoms with E-state index in [1.54, 1.807) is 22.7 Å². The van der Waals surface area contributed by atoms with Crippen LogP contribution in [0.15, 0.2) is 48.5 Å². The number of aromatic nitrogens is 1. The molecule has 5 rings (SSSR count). The molecule has 1 atom stereocenters. The number of carbonyl (C=O) groups is 1. The van der Waals surface area contributed by atoms with Crippen LogP contribution < -0.4 is 5.32 Å². The van der Waals surface area contributed by atoms with Crippen molar-refractivity contribution in [3.05, 3.63) is 70.1 Å². The Morgan fingerprint density at radius 2 is 2.00 bits per heavy atom. The molecule has 2 heterocycles. The molecule has 0 saturated carbocycles. The Bertz CT molecular complexity index is 1190.